The number of hydrogen-bond acceptors (Lipinski definition) is 3. The van der Waals surface area contributed by atoms with E-state index >= 15 is 0 Å². The number of fused-ring (bicyclic) bond motifs is 1. The fraction of sp³-hybridized carbons (Fsp3) is 0.261. The van der Waals surface area contributed by atoms with Gasteiger partial charge in [-0.05, 0) is 29.2 Å². The topological polar surface area (TPSA) is 90.0 Å². The normalized spacial score (nSPS) is 12.3. The first-order valence-electron chi connectivity index (χ1n) is 9.32. The van der Waals surface area contributed by atoms with Crippen molar-refractivity contribution in [3.63, 3.8) is 0 Å². The molecule has 6 heteroatoms. The first-order valence-corrected chi connectivity index (χ1v) is 9.32. The predicted molar refractivity (Wildman–Crippen MR) is 113 cm³/mol. The Morgan fingerprint density at radius 2 is 1.93 bits per heavy atom. The van der Waals surface area contributed by atoms with Gasteiger partial charge in [-0.2, -0.15) is 5.10 Å². The highest BCUT2D eigenvalue weighted by atomic mass is 16.2. The standard InChI is InChI=1S/C23H24N4O2/c1-5-15-9-8-10-16(13-15)14-27-18-12-7-6-11-17(18)19(26-27)22(29)25-20(21(24)28)23(2,3)4/h1,6-13,20H,14H2,2-4H3,(H2,24,28)(H,25,29). The molecule has 1 aromatic heterocycles. The molecule has 1 heterocycles. The zero-order chi connectivity index (χ0) is 21.2. The lowest BCUT2D eigenvalue weighted by atomic mass is 9.86. The number of rotatable bonds is 5. The Bertz CT molecular complexity index is 1120. The smallest absolute Gasteiger partial charge is 0.273 e. The zero-order valence-electron chi connectivity index (χ0n) is 16.8. The molecule has 0 bridgehead atoms. The van der Waals surface area contributed by atoms with E-state index in [4.69, 9.17) is 12.2 Å². The van der Waals surface area contributed by atoms with Crippen LogP contribution < -0.4 is 11.1 Å². The van der Waals surface area contributed by atoms with Crippen LogP contribution in [0.4, 0.5) is 0 Å². The summed E-state index contributed by atoms with van der Waals surface area (Å²) in [5.74, 6) is 1.61. The molecule has 3 rings (SSSR count). The minimum atomic E-state index is -0.814. The van der Waals surface area contributed by atoms with Crippen molar-refractivity contribution in [1.29, 1.82) is 0 Å². The Morgan fingerprint density at radius 3 is 2.59 bits per heavy atom. The van der Waals surface area contributed by atoms with Crippen molar-refractivity contribution >= 4 is 22.7 Å². The van der Waals surface area contributed by atoms with E-state index < -0.39 is 23.3 Å². The van der Waals surface area contributed by atoms with E-state index in [0.717, 1.165) is 16.6 Å². The molecule has 2 aromatic carbocycles. The lowest BCUT2D eigenvalue weighted by molar-refractivity contribution is -0.122. The summed E-state index contributed by atoms with van der Waals surface area (Å²) in [6, 6.07) is 14.3. The summed E-state index contributed by atoms with van der Waals surface area (Å²) in [6.45, 7) is 6.00. The average Bonchev–Trinajstić information content (AvgIpc) is 3.03. The van der Waals surface area contributed by atoms with Crippen LogP contribution in [0.15, 0.2) is 48.5 Å². The first-order chi connectivity index (χ1) is 13.7. The summed E-state index contributed by atoms with van der Waals surface area (Å²) in [5.41, 5.74) is 7.81. The molecule has 3 aromatic rings. The van der Waals surface area contributed by atoms with Gasteiger partial charge in [0.05, 0.1) is 12.1 Å². The molecule has 0 aliphatic carbocycles. The number of amides is 2. The Morgan fingerprint density at radius 1 is 1.21 bits per heavy atom. The maximum atomic E-state index is 13.0. The highest BCUT2D eigenvalue weighted by Crippen LogP contribution is 2.23. The Balaban J connectivity index is 1.98. The zero-order valence-corrected chi connectivity index (χ0v) is 16.8. The fourth-order valence-electron chi connectivity index (χ4n) is 3.26. The molecule has 0 fully saturated rings. The number of para-hydroxylation sites is 1. The average molecular weight is 388 g/mol. The molecule has 148 valence electrons. The number of terminal acetylenes is 1. The van der Waals surface area contributed by atoms with Gasteiger partial charge in [0.2, 0.25) is 5.91 Å². The van der Waals surface area contributed by atoms with Crippen LogP contribution in [-0.2, 0) is 11.3 Å². The van der Waals surface area contributed by atoms with Crippen LogP contribution in [0.25, 0.3) is 10.9 Å². The van der Waals surface area contributed by atoms with E-state index in [1.54, 1.807) is 4.68 Å². The van der Waals surface area contributed by atoms with Gasteiger partial charge in [0, 0.05) is 10.9 Å². The molecule has 3 N–H and O–H groups in total. The fourth-order valence-corrected chi connectivity index (χ4v) is 3.26. The number of primary amides is 1. The van der Waals surface area contributed by atoms with Gasteiger partial charge in [-0.15, -0.1) is 6.42 Å². The minimum absolute atomic E-state index is 0.254. The lowest BCUT2D eigenvalue weighted by Crippen LogP contribution is -2.52. The summed E-state index contributed by atoms with van der Waals surface area (Å²) in [7, 11) is 0. The number of nitrogens with two attached hydrogens (primary N) is 1. The summed E-state index contributed by atoms with van der Waals surface area (Å²) in [4.78, 5) is 24.8. The second kappa shape index (κ2) is 7.80. The van der Waals surface area contributed by atoms with E-state index in [1.807, 2.05) is 69.3 Å². The molecular formula is C23H24N4O2. The van der Waals surface area contributed by atoms with E-state index in [0.29, 0.717) is 11.9 Å². The van der Waals surface area contributed by atoms with Crippen LogP contribution in [0.3, 0.4) is 0 Å². The second-order valence-corrected chi connectivity index (χ2v) is 8.04. The maximum absolute atomic E-state index is 13.0. The molecule has 0 aliphatic rings. The molecular weight excluding hydrogens is 364 g/mol. The van der Waals surface area contributed by atoms with Crippen molar-refractivity contribution in [3.05, 3.63) is 65.4 Å². The van der Waals surface area contributed by atoms with Crippen molar-refractivity contribution in [1.82, 2.24) is 15.1 Å². The predicted octanol–water partition coefficient (Wildman–Crippen LogP) is 2.70. The molecule has 1 unspecified atom stereocenters. The van der Waals surface area contributed by atoms with Crippen molar-refractivity contribution in [2.75, 3.05) is 0 Å². The first kappa shape index (κ1) is 20.2. The number of carbonyl (C=O) groups excluding carboxylic acids is 2. The molecule has 0 radical (unpaired) electrons. The van der Waals surface area contributed by atoms with Crippen molar-refractivity contribution in [2.24, 2.45) is 11.1 Å². The summed E-state index contributed by atoms with van der Waals surface area (Å²) in [5, 5.41) is 7.98. The molecule has 1 atom stereocenters. The monoisotopic (exact) mass is 388 g/mol. The molecule has 0 saturated heterocycles. The van der Waals surface area contributed by atoms with Gasteiger partial charge in [-0.3, -0.25) is 14.3 Å². The quantitative estimate of drug-likeness (QED) is 0.659. The van der Waals surface area contributed by atoms with Crippen molar-refractivity contribution in [2.45, 2.75) is 33.4 Å². The second-order valence-electron chi connectivity index (χ2n) is 8.04. The van der Waals surface area contributed by atoms with Gasteiger partial charge in [0.25, 0.3) is 5.91 Å². The highest BCUT2D eigenvalue weighted by Gasteiger charge is 2.32. The highest BCUT2D eigenvalue weighted by molar-refractivity contribution is 6.06. The molecule has 2 amide bonds. The van der Waals surface area contributed by atoms with Gasteiger partial charge in [0.1, 0.15) is 6.04 Å². The third-order valence-electron chi connectivity index (χ3n) is 4.73. The van der Waals surface area contributed by atoms with E-state index in [2.05, 4.69) is 16.3 Å². The largest absolute Gasteiger partial charge is 0.368 e. The van der Waals surface area contributed by atoms with Crippen LogP contribution in [-0.4, -0.2) is 27.6 Å². The van der Waals surface area contributed by atoms with Crippen LogP contribution in [0.1, 0.15) is 42.4 Å². The Labute approximate surface area is 170 Å². The number of nitrogens with one attached hydrogen (secondary N) is 1. The number of benzene rings is 2. The number of hydrogen-bond donors (Lipinski definition) is 2. The number of aromatic nitrogens is 2. The Hall–Kier alpha value is -3.59. The van der Waals surface area contributed by atoms with Crippen molar-refractivity contribution in [3.8, 4) is 12.3 Å². The van der Waals surface area contributed by atoms with Gasteiger partial charge in [-0.25, -0.2) is 0 Å². The van der Waals surface area contributed by atoms with E-state index in [1.165, 1.54) is 0 Å². The van der Waals surface area contributed by atoms with E-state index in [9.17, 15) is 9.59 Å². The SMILES string of the molecule is C#Cc1cccc(Cn2nc(C(=O)NC(C(N)=O)C(C)(C)C)c3ccccc32)c1. The van der Waals surface area contributed by atoms with Crippen molar-refractivity contribution < 1.29 is 9.59 Å². The van der Waals surface area contributed by atoms with E-state index in [-0.39, 0.29) is 5.69 Å². The molecule has 0 aliphatic heterocycles. The summed E-state index contributed by atoms with van der Waals surface area (Å²) >= 11 is 0. The minimum Gasteiger partial charge on any atom is -0.368 e. The van der Waals surface area contributed by atoms with Crippen LogP contribution >= 0.6 is 0 Å². The molecule has 0 spiro atoms. The van der Waals surface area contributed by atoms with Gasteiger partial charge in [-0.1, -0.05) is 57.0 Å². The molecule has 0 saturated carbocycles. The third-order valence-corrected chi connectivity index (χ3v) is 4.73. The van der Waals surface area contributed by atoms with Crippen LogP contribution in [0, 0.1) is 17.8 Å². The maximum Gasteiger partial charge on any atom is 0.273 e. The number of carbonyl (C=O) groups is 2. The molecule has 6 nitrogen and oxygen atoms in total. The van der Waals surface area contributed by atoms with Crippen LogP contribution in [0.2, 0.25) is 0 Å². The summed E-state index contributed by atoms with van der Waals surface area (Å²) < 4.78 is 1.76. The third kappa shape index (κ3) is 4.30. The van der Waals surface area contributed by atoms with Gasteiger partial charge in [0.15, 0.2) is 5.69 Å². The van der Waals surface area contributed by atoms with Crippen LogP contribution in [0.5, 0.6) is 0 Å². The lowest BCUT2D eigenvalue weighted by Gasteiger charge is -2.28. The van der Waals surface area contributed by atoms with Gasteiger partial charge >= 0.3 is 0 Å². The number of nitrogens with zero attached hydrogens (tertiary/aromatic N) is 2. The Kier molecular flexibility index (Phi) is 5.42. The molecule has 29 heavy (non-hydrogen) atoms. The summed E-state index contributed by atoms with van der Waals surface area (Å²) in [6.07, 6.45) is 5.49. The van der Waals surface area contributed by atoms with Gasteiger partial charge < -0.3 is 11.1 Å².